The molecule has 0 radical (unpaired) electrons. The van der Waals surface area contributed by atoms with Gasteiger partial charge in [-0.15, -0.1) is 0 Å². The first-order chi connectivity index (χ1) is 12.9. The molecule has 150 valence electrons. The summed E-state index contributed by atoms with van der Waals surface area (Å²) in [5.41, 5.74) is 0.888. The first-order valence-electron chi connectivity index (χ1n) is 9.43. The predicted octanol–water partition coefficient (Wildman–Crippen LogP) is 2.04. The Balaban J connectivity index is 2.04. The average molecular weight is 378 g/mol. The summed E-state index contributed by atoms with van der Waals surface area (Å²) in [6.07, 6.45) is 1.13. The number of hydrogen-bond donors (Lipinski definition) is 2. The molecule has 2 rings (SSSR count). The molecule has 1 heterocycles. The molecule has 1 aromatic carbocycles. The second-order valence-corrected chi connectivity index (χ2v) is 7.31. The van der Waals surface area contributed by atoms with Crippen LogP contribution in [0.15, 0.2) is 18.2 Å². The Morgan fingerprint density at radius 3 is 2.59 bits per heavy atom. The standard InChI is InChI=1S/C19H30N4O4/c1-14-10-15(2)13-22(12-14)17-5-4-16(11-18(17)23(25)26)19(24)21-7-6-20-8-9-27-3/h4-5,11,14-15,20H,6-10,12-13H2,1-3H3,(H,21,24). The maximum absolute atomic E-state index is 12.3. The smallest absolute Gasteiger partial charge is 0.293 e. The number of carbonyl (C=O) groups excluding carboxylic acids is 1. The Morgan fingerprint density at radius 1 is 1.26 bits per heavy atom. The normalized spacial score (nSPS) is 19.7. The third-order valence-electron chi connectivity index (χ3n) is 4.71. The Labute approximate surface area is 160 Å². The number of anilines is 1. The lowest BCUT2D eigenvalue weighted by molar-refractivity contribution is -0.384. The molecular weight excluding hydrogens is 348 g/mol. The van der Waals surface area contributed by atoms with Crippen molar-refractivity contribution >= 4 is 17.3 Å². The summed E-state index contributed by atoms with van der Waals surface area (Å²) in [4.78, 5) is 25.6. The molecule has 0 spiro atoms. The van der Waals surface area contributed by atoms with E-state index in [2.05, 4.69) is 29.4 Å². The summed E-state index contributed by atoms with van der Waals surface area (Å²) < 4.78 is 4.93. The molecule has 8 heteroatoms. The largest absolute Gasteiger partial charge is 0.383 e. The number of benzene rings is 1. The lowest BCUT2D eigenvalue weighted by Crippen LogP contribution is -2.39. The summed E-state index contributed by atoms with van der Waals surface area (Å²) in [5.74, 6) is 0.669. The van der Waals surface area contributed by atoms with Gasteiger partial charge in [-0.1, -0.05) is 13.8 Å². The molecule has 2 atom stereocenters. The number of nitrogens with zero attached hydrogens (tertiary/aromatic N) is 2. The number of methoxy groups -OCH3 is 1. The number of carbonyl (C=O) groups is 1. The molecule has 0 aromatic heterocycles. The fourth-order valence-corrected chi connectivity index (χ4v) is 3.60. The van der Waals surface area contributed by atoms with E-state index in [9.17, 15) is 14.9 Å². The van der Waals surface area contributed by atoms with Gasteiger partial charge in [-0.25, -0.2) is 0 Å². The van der Waals surface area contributed by atoms with Crippen LogP contribution in [0.5, 0.6) is 0 Å². The fraction of sp³-hybridized carbons (Fsp3) is 0.632. The SMILES string of the molecule is COCCNCCNC(=O)c1ccc(N2CC(C)CC(C)C2)c([N+](=O)[O-])c1. The third-order valence-corrected chi connectivity index (χ3v) is 4.71. The van der Waals surface area contributed by atoms with E-state index >= 15 is 0 Å². The first kappa shape index (κ1) is 21.1. The second kappa shape index (κ2) is 10.2. The van der Waals surface area contributed by atoms with Crippen LogP contribution in [0.3, 0.4) is 0 Å². The number of rotatable bonds is 9. The number of hydrogen-bond acceptors (Lipinski definition) is 6. The Kier molecular flexibility index (Phi) is 7.99. The molecule has 27 heavy (non-hydrogen) atoms. The van der Waals surface area contributed by atoms with Gasteiger partial charge in [-0.2, -0.15) is 0 Å². The number of amides is 1. The van der Waals surface area contributed by atoms with Crippen LogP contribution in [0.2, 0.25) is 0 Å². The predicted molar refractivity (Wildman–Crippen MR) is 105 cm³/mol. The third kappa shape index (κ3) is 6.18. The van der Waals surface area contributed by atoms with Crippen LogP contribution in [-0.2, 0) is 4.74 Å². The molecule has 1 aliphatic rings. The molecule has 2 unspecified atom stereocenters. The van der Waals surface area contributed by atoms with Gasteiger partial charge in [0.2, 0.25) is 0 Å². The van der Waals surface area contributed by atoms with Crippen LogP contribution in [0.4, 0.5) is 11.4 Å². The van der Waals surface area contributed by atoms with Crippen LogP contribution in [0.25, 0.3) is 0 Å². The van der Waals surface area contributed by atoms with Gasteiger partial charge in [0.25, 0.3) is 11.6 Å². The number of nitro groups is 1. The minimum Gasteiger partial charge on any atom is -0.383 e. The lowest BCUT2D eigenvalue weighted by Gasteiger charge is -2.36. The topological polar surface area (TPSA) is 96.7 Å². The molecule has 0 saturated carbocycles. The van der Waals surface area contributed by atoms with Crippen molar-refractivity contribution < 1.29 is 14.5 Å². The van der Waals surface area contributed by atoms with E-state index < -0.39 is 4.92 Å². The van der Waals surface area contributed by atoms with Gasteiger partial charge in [0, 0.05) is 51.5 Å². The van der Waals surface area contributed by atoms with E-state index in [-0.39, 0.29) is 11.6 Å². The second-order valence-electron chi connectivity index (χ2n) is 7.31. The van der Waals surface area contributed by atoms with Crippen molar-refractivity contribution in [3.8, 4) is 0 Å². The van der Waals surface area contributed by atoms with Gasteiger partial charge < -0.3 is 20.3 Å². The highest BCUT2D eigenvalue weighted by molar-refractivity contribution is 5.95. The van der Waals surface area contributed by atoms with Crippen molar-refractivity contribution in [2.45, 2.75) is 20.3 Å². The van der Waals surface area contributed by atoms with Crippen LogP contribution in [0.1, 0.15) is 30.6 Å². The van der Waals surface area contributed by atoms with E-state index in [0.717, 1.165) is 19.5 Å². The molecule has 1 saturated heterocycles. The van der Waals surface area contributed by atoms with Crippen LogP contribution in [0, 0.1) is 22.0 Å². The van der Waals surface area contributed by atoms with Crippen molar-refractivity contribution in [3.63, 3.8) is 0 Å². The van der Waals surface area contributed by atoms with Gasteiger partial charge in [-0.05, 0) is 30.4 Å². The Morgan fingerprint density at radius 2 is 1.96 bits per heavy atom. The number of piperidine rings is 1. The van der Waals surface area contributed by atoms with Crippen molar-refractivity contribution in [2.75, 3.05) is 51.3 Å². The van der Waals surface area contributed by atoms with Crippen LogP contribution < -0.4 is 15.5 Å². The van der Waals surface area contributed by atoms with Crippen LogP contribution >= 0.6 is 0 Å². The molecule has 2 N–H and O–H groups in total. The molecule has 8 nitrogen and oxygen atoms in total. The van der Waals surface area contributed by atoms with Crippen molar-refractivity contribution in [1.29, 1.82) is 0 Å². The number of ether oxygens (including phenoxy) is 1. The summed E-state index contributed by atoms with van der Waals surface area (Å²) in [6.45, 7) is 8.29. The van der Waals surface area contributed by atoms with Crippen molar-refractivity contribution in [1.82, 2.24) is 10.6 Å². The molecule has 0 aliphatic carbocycles. The molecule has 1 amide bonds. The minimum absolute atomic E-state index is 0.0119. The van der Waals surface area contributed by atoms with Crippen LogP contribution in [-0.4, -0.2) is 57.3 Å². The molecular formula is C19H30N4O4. The molecule has 1 aromatic rings. The highest BCUT2D eigenvalue weighted by Gasteiger charge is 2.27. The highest BCUT2D eigenvalue weighted by atomic mass is 16.6. The average Bonchev–Trinajstić information content (AvgIpc) is 2.63. The number of nitro benzene ring substituents is 1. The fourth-order valence-electron chi connectivity index (χ4n) is 3.60. The molecule has 1 fully saturated rings. The van der Waals surface area contributed by atoms with E-state index in [4.69, 9.17) is 4.74 Å². The quantitative estimate of drug-likeness (QED) is 0.388. The van der Waals surface area contributed by atoms with Gasteiger partial charge >= 0.3 is 0 Å². The van der Waals surface area contributed by atoms with E-state index in [0.29, 0.717) is 49.3 Å². The maximum Gasteiger partial charge on any atom is 0.293 e. The van der Waals surface area contributed by atoms with E-state index in [1.54, 1.807) is 19.2 Å². The zero-order chi connectivity index (χ0) is 19.8. The van der Waals surface area contributed by atoms with Gasteiger partial charge in [0.05, 0.1) is 11.5 Å². The maximum atomic E-state index is 12.3. The Bertz CT molecular complexity index is 643. The Hall–Kier alpha value is -2.19. The number of nitrogens with one attached hydrogen (secondary N) is 2. The van der Waals surface area contributed by atoms with Crippen molar-refractivity contribution in [3.05, 3.63) is 33.9 Å². The molecule has 0 bridgehead atoms. The zero-order valence-corrected chi connectivity index (χ0v) is 16.4. The monoisotopic (exact) mass is 378 g/mol. The summed E-state index contributed by atoms with van der Waals surface area (Å²) >= 11 is 0. The minimum atomic E-state index is -0.400. The van der Waals surface area contributed by atoms with Crippen molar-refractivity contribution in [2.24, 2.45) is 11.8 Å². The highest BCUT2D eigenvalue weighted by Crippen LogP contribution is 2.33. The summed E-state index contributed by atoms with van der Waals surface area (Å²) in [6, 6.07) is 4.75. The first-order valence-corrected chi connectivity index (χ1v) is 9.43. The summed E-state index contributed by atoms with van der Waals surface area (Å²) in [7, 11) is 1.63. The van der Waals surface area contributed by atoms with Gasteiger partial charge in [-0.3, -0.25) is 14.9 Å². The zero-order valence-electron chi connectivity index (χ0n) is 16.4. The van der Waals surface area contributed by atoms with E-state index in [1.807, 2.05) is 0 Å². The lowest BCUT2D eigenvalue weighted by atomic mass is 9.91. The van der Waals surface area contributed by atoms with E-state index in [1.165, 1.54) is 6.07 Å². The molecule has 1 aliphatic heterocycles. The van der Waals surface area contributed by atoms with Gasteiger partial charge in [0.15, 0.2) is 0 Å². The summed E-state index contributed by atoms with van der Waals surface area (Å²) in [5, 5.41) is 17.5. The van der Waals surface area contributed by atoms with Gasteiger partial charge in [0.1, 0.15) is 5.69 Å².